The number of hydrogen-bond donors (Lipinski definition) is 0. The first-order chi connectivity index (χ1) is 8.00. The molecule has 0 aromatic heterocycles. The highest BCUT2D eigenvalue weighted by Gasteiger charge is 2.25. The van der Waals surface area contributed by atoms with Gasteiger partial charge in [0.15, 0.2) is 0 Å². The third-order valence-corrected chi connectivity index (χ3v) is 2.93. The average Bonchev–Trinajstić information content (AvgIpc) is 2.26. The summed E-state index contributed by atoms with van der Waals surface area (Å²) in [6.07, 6.45) is 1.01. The molecule has 0 aliphatic carbocycles. The molecule has 17 heavy (non-hydrogen) atoms. The molecule has 0 aromatic rings. The molecule has 0 saturated carbocycles. The molecular weight excluding hydrogens is 220 g/mol. The molecule has 1 heterocycles. The van der Waals surface area contributed by atoms with Crippen LogP contribution in [-0.2, 0) is 14.2 Å². The summed E-state index contributed by atoms with van der Waals surface area (Å²) in [4.78, 5) is 11.6. The van der Waals surface area contributed by atoms with Gasteiger partial charge in [0.05, 0.1) is 6.61 Å². The van der Waals surface area contributed by atoms with E-state index in [-0.39, 0.29) is 12.2 Å². The fraction of sp³-hybridized carbons (Fsp3) is 0.923. The van der Waals surface area contributed by atoms with Gasteiger partial charge in [0.2, 0.25) is 0 Å². The van der Waals surface area contributed by atoms with Gasteiger partial charge in [-0.15, -0.1) is 0 Å². The summed E-state index contributed by atoms with van der Waals surface area (Å²) in [6.45, 7) is 9.42. The van der Waals surface area contributed by atoms with Crippen molar-refractivity contribution >= 4 is 6.16 Å². The lowest BCUT2D eigenvalue weighted by Crippen LogP contribution is -2.33. The fourth-order valence-corrected chi connectivity index (χ4v) is 2.12. The van der Waals surface area contributed by atoms with E-state index in [0.717, 1.165) is 19.4 Å². The maximum Gasteiger partial charge on any atom is 0.508 e. The van der Waals surface area contributed by atoms with Crippen LogP contribution in [0.3, 0.4) is 0 Å². The van der Waals surface area contributed by atoms with Crippen LogP contribution in [0, 0.1) is 11.8 Å². The second kappa shape index (κ2) is 6.84. The van der Waals surface area contributed by atoms with Crippen LogP contribution in [-0.4, -0.2) is 31.6 Å². The Labute approximate surface area is 104 Å². The Hall–Kier alpha value is -0.770. The highest BCUT2D eigenvalue weighted by atomic mass is 16.7. The van der Waals surface area contributed by atoms with Crippen molar-refractivity contribution in [3.8, 4) is 0 Å². The molecule has 1 atom stereocenters. The fourth-order valence-electron chi connectivity index (χ4n) is 2.12. The van der Waals surface area contributed by atoms with Crippen molar-refractivity contribution < 1.29 is 19.0 Å². The molecule has 0 radical (unpaired) electrons. The van der Waals surface area contributed by atoms with Crippen molar-refractivity contribution in [1.29, 1.82) is 0 Å². The van der Waals surface area contributed by atoms with Crippen molar-refractivity contribution in [2.75, 3.05) is 13.2 Å². The van der Waals surface area contributed by atoms with E-state index in [4.69, 9.17) is 14.2 Å². The second-order valence-corrected chi connectivity index (χ2v) is 5.28. The summed E-state index contributed by atoms with van der Waals surface area (Å²) >= 11 is 0. The van der Waals surface area contributed by atoms with E-state index in [1.165, 1.54) is 0 Å². The van der Waals surface area contributed by atoms with Crippen LogP contribution in [0.25, 0.3) is 0 Å². The van der Waals surface area contributed by atoms with Gasteiger partial charge in [-0.1, -0.05) is 27.7 Å². The van der Waals surface area contributed by atoms with E-state index < -0.39 is 6.16 Å². The predicted octanol–water partition coefficient (Wildman–Crippen LogP) is 3.00. The largest absolute Gasteiger partial charge is 0.508 e. The lowest BCUT2D eigenvalue weighted by Gasteiger charge is -2.27. The molecule has 0 bridgehead atoms. The Morgan fingerprint density at radius 3 is 2.35 bits per heavy atom. The van der Waals surface area contributed by atoms with Gasteiger partial charge in [-0.25, -0.2) is 4.79 Å². The molecule has 1 aliphatic heterocycles. The van der Waals surface area contributed by atoms with Crippen LogP contribution in [0.15, 0.2) is 0 Å². The minimum absolute atomic E-state index is 0.0907. The summed E-state index contributed by atoms with van der Waals surface area (Å²) in [5.41, 5.74) is 0. The summed E-state index contributed by atoms with van der Waals surface area (Å²) < 4.78 is 15.8. The maximum absolute atomic E-state index is 11.6. The van der Waals surface area contributed by atoms with E-state index in [1.807, 2.05) is 27.7 Å². The highest BCUT2D eigenvalue weighted by molar-refractivity contribution is 5.60. The third-order valence-electron chi connectivity index (χ3n) is 2.93. The molecule has 100 valence electrons. The molecule has 1 unspecified atom stereocenters. The van der Waals surface area contributed by atoms with Crippen molar-refractivity contribution in [3.63, 3.8) is 0 Å². The monoisotopic (exact) mass is 244 g/mol. The maximum atomic E-state index is 11.6. The Bertz CT molecular complexity index is 224. The van der Waals surface area contributed by atoms with Crippen LogP contribution in [0.4, 0.5) is 4.79 Å². The quantitative estimate of drug-likeness (QED) is 0.713. The molecule has 1 saturated heterocycles. The lowest BCUT2D eigenvalue weighted by molar-refractivity contribution is -0.0648. The van der Waals surface area contributed by atoms with Crippen LogP contribution in [0.1, 0.15) is 40.5 Å². The molecule has 1 rings (SSSR count). The molecular formula is C13H24O4. The SMILES string of the molecule is CC(C)C(OC(=O)OC1CCCOC1)C(C)C. The van der Waals surface area contributed by atoms with Gasteiger partial charge in [0, 0.05) is 6.61 Å². The standard InChI is InChI=1S/C13H24O4/c1-9(2)12(10(3)4)17-13(14)16-11-6-5-7-15-8-11/h9-12H,5-8H2,1-4H3. The number of carbonyl (C=O) groups excluding carboxylic acids is 1. The van der Waals surface area contributed by atoms with Crippen LogP contribution in [0.5, 0.6) is 0 Å². The molecule has 0 spiro atoms. The first kappa shape index (κ1) is 14.3. The smallest absolute Gasteiger partial charge is 0.430 e. The molecule has 4 nitrogen and oxygen atoms in total. The zero-order valence-electron chi connectivity index (χ0n) is 11.3. The van der Waals surface area contributed by atoms with Gasteiger partial charge in [-0.2, -0.15) is 0 Å². The summed E-state index contributed by atoms with van der Waals surface area (Å²) in [5, 5.41) is 0. The van der Waals surface area contributed by atoms with E-state index in [9.17, 15) is 4.79 Å². The van der Waals surface area contributed by atoms with E-state index >= 15 is 0 Å². The van der Waals surface area contributed by atoms with Crippen molar-refractivity contribution in [2.24, 2.45) is 11.8 Å². The van der Waals surface area contributed by atoms with Crippen molar-refractivity contribution in [3.05, 3.63) is 0 Å². The Balaban J connectivity index is 2.36. The van der Waals surface area contributed by atoms with E-state index in [0.29, 0.717) is 18.4 Å². The number of ether oxygens (including phenoxy) is 3. The van der Waals surface area contributed by atoms with Gasteiger partial charge < -0.3 is 14.2 Å². The summed E-state index contributed by atoms with van der Waals surface area (Å²) in [5.74, 6) is 0.593. The zero-order chi connectivity index (χ0) is 12.8. The average molecular weight is 244 g/mol. The molecule has 1 fully saturated rings. The number of rotatable bonds is 4. The van der Waals surface area contributed by atoms with Gasteiger partial charge in [0.25, 0.3) is 0 Å². The highest BCUT2D eigenvalue weighted by Crippen LogP contribution is 2.18. The Morgan fingerprint density at radius 1 is 1.24 bits per heavy atom. The first-order valence-electron chi connectivity index (χ1n) is 6.45. The minimum atomic E-state index is -0.562. The van der Waals surface area contributed by atoms with Gasteiger partial charge in [-0.05, 0) is 24.7 Å². The third kappa shape index (κ3) is 4.94. The van der Waals surface area contributed by atoms with Crippen LogP contribution < -0.4 is 0 Å². The minimum Gasteiger partial charge on any atom is -0.430 e. The summed E-state index contributed by atoms with van der Waals surface area (Å²) in [6, 6.07) is 0. The molecule has 0 amide bonds. The molecule has 4 heteroatoms. The second-order valence-electron chi connectivity index (χ2n) is 5.28. The summed E-state index contributed by atoms with van der Waals surface area (Å²) in [7, 11) is 0. The molecule has 1 aliphatic rings. The Morgan fingerprint density at radius 2 is 1.88 bits per heavy atom. The predicted molar refractivity (Wildman–Crippen MR) is 64.9 cm³/mol. The number of carbonyl (C=O) groups is 1. The normalized spacial score (nSPS) is 21.0. The number of hydrogen-bond acceptors (Lipinski definition) is 4. The van der Waals surface area contributed by atoms with Crippen LogP contribution in [0.2, 0.25) is 0 Å². The topological polar surface area (TPSA) is 44.8 Å². The van der Waals surface area contributed by atoms with Crippen molar-refractivity contribution in [2.45, 2.75) is 52.7 Å². The van der Waals surface area contributed by atoms with Gasteiger partial charge >= 0.3 is 6.16 Å². The molecule has 0 aromatic carbocycles. The first-order valence-corrected chi connectivity index (χ1v) is 6.45. The van der Waals surface area contributed by atoms with E-state index in [2.05, 4.69) is 0 Å². The van der Waals surface area contributed by atoms with E-state index in [1.54, 1.807) is 0 Å². The van der Waals surface area contributed by atoms with Crippen molar-refractivity contribution in [1.82, 2.24) is 0 Å². The Kier molecular flexibility index (Phi) is 5.75. The lowest BCUT2D eigenvalue weighted by atomic mass is 9.96. The van der Waals surface area contributed by atoms with Crippen LogP contribution >= 0.6 is 0 Å². The zero-order valence-corrected chi connectivity index (χ0v) is 11.3. The van der Waals surface area contributed by atoms with Gasteiger partial charge in [-0.3, -0.25) is 0 Å². The van der Waals surface area contributed by atoms with Gasteiger partial charge in [0.1, 0.15) is 12.2 Å². The molecule has 0 N–H and O–H groups in total.